The highest BCUT2D eigenvalue weighted by molar-refractivity contribution is 6.43. The van der Waals surface area contributed by atoms with Gasteiger partial charge >= 0.3 is 0 Å². The maximum atomic E-state index is 12.8. The van der Waals surface area contributed by atoms with E-state index in [9.17, 15) is 18.8 Å². The molecule has 0 unspecified atom stereocenters. The Balaban J connectivity index is 1.76. The van der Waals surface area contributed by atoms with E-state index in [4.69, 9.17) is 23.2 Å². The van der Waals surface area contributed by atoms with Gasteiger partial charge in [-0.1, -0.05) is 23.2 Å². The predicted octanol–water partition coefficient (Wildman–Crippen LogP) is 3.37. The maximum Gasteiger partial charge on any atom is 0.262 e. The van der Waals surface area contributed by atoms with E-state index in [1.165, 1.54) is 36.4 Å². The highest BCUT2D eigenvalue weighted by Gasteiger charge is 2.37. The lowest BCUT2D eigenvalue weighted by Crippen LogP contribution is -2.37. The highest BCUT2D eigenvalue weighted by Crippen LogP contribution is 2.31. The third-order valence-corrected chi connectivity index (χ3v) is 4.16. The Kier molecular flexibility index (Phi) is 4.26. The van der Waals surface area contributed by atoms with Crippen molar-refractivity contribution in [3.63, 3.8) is 0 Å². The van der Waals surface area contributed by atoms with Gasteiger partial charge in [-0.3, -0.25) is 19.3 Å². The van der Waals surface area contributed by atoms with Crippen molar-refractivity contribution in [2.75, 3.05) is 11.9 Å². The molecule has 3 rings (SSSR count). The minimum atomic E-state index is -0.622. The molecule has 0 saturated heterocycles. The van der Waals surface area contributed by atoms with Crippen molar-refractivity contribution >= 4 is 46.6 Å². The molecule has 0 spiro atoms. The average molecular weight is 367 g/mol. The first kappa shape index (κ1) is 16.4. The van der Waals surface area contributed by atoms with Gasteiger partial charge < -0.3 is 5.32 Å². The van der Waals surface area contributed by atoms with Crippen molar-refractivity contribution < 1.29 is 18.8 Å². The van der Waals surface area contributed by atoms with Gasteiger partial charge in [0.2, 0.25) is 5.91 Å². The lowest BCUT2D eigenvalue weighted by molar-refractivity contribution is -0.116. The van der Waals surface area contributed by atoms with Crippen molar-refractivity contribution in [2.45, 2.75) is 0 Å². The van der Waals surface area contributed by atoms with E-state index in [1.807, 2.05) is 0 Å². The number of imide groups is 1. The first-order chi connectivity index (χ1) is 11.4. The van der Waals surface area contributed by atoms with Crippen LogP contribution in [0.15, 0.2) is 36.4 Å². The van der Waals surface area contributed by atoms with Gasteiger partial charge in [-0.05, 0) is 36.4 Å². The molecule has 0 aromatic heterocycles. The van der Waals surface area contributed by atoms with Crippen LogP contribution in [0.4, 0.5) is 10.1 Å². The molecule has 3 amide bonds. The van der Waals surface area contributed by atoms with Crippen LogP contribution in [-0.2, 0) is 4.79 Å². The standard InChI is InChI=1S/C16H9Cl2FN2O3/c17-12-5-10-11(6-13(12)18)16(24)21(15(10)23)7-14(22)20-9-3-1-8(19)2-4-9/h1-6H,7H2,(H,20,22). The molecule has 1 aliphatic rings. The number of anilines is 1. The van der Waals surface area contributed by atoms with E-state index in [0.717, 1.165) is 4.90 Å². The van der Waals surface area contributed by atoms with Crippen molar-refractivity contribution in [2.24, 2.45) is 0 Å². The molecule has 5 nitrogen and oxygen atoms in total. The SMILES string of the molecule is O=C(CN1C(=O)c2cc(Cl)c(Cl)cc2C1=O)Nc1ccc(F)cc1. The third-order valence-electron chi connectivity index (χ3n) is 3.44. The number of hydrogen-bond acceptors (Lipinski definition) is 3. The molecule has 1 N–H and O–H groups in total. The number of amides is 3. The molecule has 2 aromatic carbocycles. The zero-order valence-electron chi connectivity index (χ0n) is 12.0. The number of nitrogens with one attached hydrogen (secondary N) is 1. The monoisotopic (exact) mass is 366 g/mol. The molecular weight excluding hydrogens is 358 g/mol. The molecule has 8 heteroatoms. The molecule has 0 atom stereocenters. The largest absolute Gasteiger partial charge is 0.325 e. The second-order valence-electron chi connectivity index (χ2n) is 5.06. The molecule has 0 saturated carbocycles. The molecule has 24 heavy (non-hydrogen) atoms. The summed E-state index contributed by atoms with van der Waals surface area (Å²) >= 11 is 11.7. The number of carbonyl (C=O) groups is 3. The van der Waals surface area contributed by atoms with Gasteiger partial charge in [0.05, 0.1) is 21.2 Å². The Morgan fingerprint density at radius 2 is 1.50 bits per heavy atom. The summed E-state index contributed by atoms with van der Waals surface area (Å²) in [6.45, 7) is -0.473. The fourth-order valence-corrected chi connectivity index (χ4v) is 2.63. The van der Waals surface area contributed by atoms with Crippen LogP contribution in [-0.4, -0.2) is 29.2 Å². The molecule has 2 aromatic rings. The van der Waals surface area contributed by atoms with E-state index in [-0.39, 0.29) is 21.2 Å². The van der Waals surface area contributed by atoms with Gasteiger partial charge in [-0.25, -0.2) is 4.39 Å². The third kappa shape index (κ3) is 2.98. The van der Waals surface area contributed by atoms with Gasteiger partial charge in [-0.2, -0.15) is 0 Å². The summed E-state index contributed by atoms with van der Waals surface area (Å²) in [4.78, 5) is 37.4. The number of benzene rings is 2. The zero-order chi connectivity index (χ0) is 17.4. The number of nitrogens with zero attached hydrogens (tertiary/aromatic N) is 1. The fraction of sp³-hybridized carbons (Fsp3) is 0.0625. The molecular formula is C16H9Cl2FN2O3. The van der Waals surface area contributed by atoms with Gasteiger partial charge in [-0.15, -0.1) is 0 Å². The van der Waals surface area contributed by atoms with E-state index < -0.39 is 30.1 Å². The Labute approximate surface area is 146 Å². The summed E-state index contributed by atoms with van der Waals surface area (Å²) in [7, 11) is 0. The van der Waals surface area contributed by atoms with Crippen LogP contribution in [0.5, 0.6) is 0 Å². The first-order valence-corrected chi connectivity index (χ1v) is 7.53. The van der Waals surface area contributed by atoms with Crippen LogP contribution in [0.1, 0.15) is 20.7 Å². The Bertz CT molecular complexity index is 827. The fourth-order valence-electron chi connectivity index (χ4n) is 2.30. The summed E-state index contributed by atoms with van der Waals surface area (Å²) in [5.74, 6) is -2.28. The topological polar surface area (TPSA) is 66.5 Å². The summed E-state index contributed by atoms with van der Waals surface area (Å²) in [6, 6.07) is 7.71. The molecule has 0 aliphatic carbocycles. The smallest absolute Gasteiger partial charge is 0.262 e. The molecule has 122 valence electrons. The number of fused-ring (bicyclic) bond motifs is 1. The summed E-state index contributed by atoms with van der Waals surface area (Å²) in [5, 5.41) is 2.78. The summed E-state index contributed by atoms with van der Waals surface area (Å²) in [5.41, 5.74) is 0.553. The number of carbonyl (C=O) groups excluding carboxylic acids is 3. The highest BCUT2D eigenvalue weighted by atomic mass is 35.5. The Morgan fingerprint density at radius 1 is 1.00 bits per heavy atom. The van der Waals surface area contributed by atoms with Crippen LogP contribution in [0.3, 0.4) is 0 Å². The van der Waals surface area contributed by atoms with E-state index >= 15 is 0 Å². The quantitative estimate of drug-likeness (QED) is 0.846. The van der Waals surface area contributed by atoms with Gasteiger partial charge in [0.25, 0.3) is 11.8 Å². The lowest BCUT2D eigenvalue weighted by Gasteiger charge is -2.13. The summed E-state index contributed by atoms with van der Waals surface area (Å²) in [6.07, 6.45) is 0. The van der Waals surface area contributed by atoms with Crippen molar-refractivity contribution in [1.82, 2.24) is 4.90 Å². The van der Waals surface area contributed by atoms with Crippen LogP contribution in [0.25, 0.3) is 0 Å². The van der Waals surface area contributed by atoms with E-state index in [0.29, 0.717) is 5.69 Å². The average Bonchev–Trinajstić information content (AvgIpc) is 2.75. The molecule has 1 heterocycles. The van der Waals surface area contributed by atoms with Crippen LogP contribution < -0.4 is 5.32 Å². The molecule has 1 aliphatic heterocycles. The Morgan fingerprint density at radius 3 is 2.00 bits per heavy atom. The van der Waals surface area contributed by atoms with Gasteiger partial charge in [0, 0.05) is 5.69 Å². The molecule has 0 radical (unpaired) electrons. The van der Waals surface area contributed by atoms with E-state index in [1.54, 1.807) is 0 Å². The second-order valence-corrected chi connectivity index (χ2v) is 5.88. The van der Waals surface area contributed by atoms with Crippen LogP contribution >= 0.6 is 23.2 Å². The minimum Gasteiger partial charge on any atom is -0.325 e. The number of halogens is 3. The minimum absolute atomic E-state index is 0.101. The normalized spacial score (nSPS) is 13.2. The van der Waals surface area contributed by atoms with Crippen LogP contribution in [0.2, 0.25) is 10.0 Å². The molecule has 0 bridgehead atoms. The van der Waals surface area contributed by atoms with Crippen molar-refractivity contribution in [1.29, 1.82) is 0 Å². The number of hydrogen-bond donors (Lipinski definition) is 1. The van der Waals surface area contributed by atoms with Crippen molar-refractivity contribution in [3.05, 3.63) is 63.4 Å². The summed E-state index contributed by atoms with van der Waals surface area (Å²) < 4.78 is 12.8. The zero-order valence-corrected chi connectivity index (χ0v) is 13.5. The van der Waals surface area contributed by atoms with Crippen LogP contribution in [0, 0.1) is 5.82 Å². The predicted molar refractivity (Wildman–Crippen MR) is 86.9 cm³/mol. The maximum absolute atomic E-state index is 12.8. The second kappa shape index (κ2) is 6.22. The number of rotatable bonds is 3. The van der Waals surface area contributed by atoms with Gasteiger partial charge in [0.15, 0.2) is 0 Å². The molecule has 0 fully saturated rings. The van der Waals surface area contributed by atoms with Gasteiger partial charge in [0.1, 0.15) is 12.4 Å². The lowest BCUT2D eigenvalue weighted by atomic mass is 10.1. The Hall–Kier alpha value is -2.44. The van der Waals surface area contributed by atoms with Crippen molar-refractivity contribution in [3.8, 4) is 0 Å². The van der Waals surface area contributed by atoms with E-state index in [2.05, 4.69) is 5.32 Å². The first-order valence-electron chi connectivity index (χ1n) is 6.77.